The average molecular weight is 405 g/mol. The number of anilines is 1. The van der Waals surface area contributed by atoms with Crippen LogP contribution < -0.4 is 5.32 Å². The minimum Gasteiger partial charge on any atom is -0.337 e. The van der Waals surface area contributed by atoms with Gasteiger partial charge in [0, 0.05) is 17.8 Å². The van der Waals surface area contributed by atoms with E-state index in [1.807, 2.05) is 0 Å². The van der Waals surface area contributed by atoms with E-state index in [9.17, 15) is 13.6 Å². The minimum atomic E-state index is -0.558. The van der Waals surface area contributed by atoms with Crippen LogP contribution in [-0.2, 0) is 0 Å². The maximum Gasteiger partial charge on any atom is 0.322 e. The van der Waals surface area contributed by atoms with Gasteiger partial charge in [-0.05, 0) is 55.3 Å². The van der Waals surface area contributed by atoms with Gasteiger partial charge in [-0.1, -0.05) is 16.8 Å². The number of hydrogen-bond acceptors (Lipinski definition) is 4. The van der Waals surface area contributed by atoms with Crippen LogP contribution in [0.5, 0.6) is 0 Å². The van der Waals surface area contributed by atoms with Crippen molar-refractivity contribution in [2.75, 3.05) is 11.9 Å². The zero-order valence-corrected chi connectivity index (χ0v) is 15.3. The quantitative estimate of drug-likeness (QED) is 0.664. The van der Waals surface area contributed by atoms with Crippen LogP contribution in [0.3, 0.4) is 0 Å². The number of likely N-dealkylation sites (tertiary alicyclic amines) is 1. The Bertz CT molecular complexity index is 1010. The predicted molar refractivity (Wildman–Crippen MR) is 98.8 cm³/mol. The van der Waals surface area contributed by atoms with E-state index >= 15 is 0 Å². The van der Waals surface area contributed by atoms with E-state index in [-0.39, 0.29) is 22.9 Å². The average Bonchev–Trinajstić information content (AvgIpc) is 3.34. The van der Waals surface area contributed by atoms with E-state index < -0.39 is 5.82 Å². The molecule has 1 aliphatic heterocycles. The first kappa shape index (κ1) is 18.4. The first-order chi connectivity index (χ1) is 13.5. The van der Waals surface area contributed by atoms with E-state index in [4.69, 9.17) is 16.1 Å². The largest absolute Gasteiger partial charge is 0.337 e. The van der Waals surface area contributed by atoms with Crippen LogP contribution in [0.1, 0.15) is 24.8 Å². The van der Waals surface area contributed by atoms with E-state index in [1.54, 1.807) is 17.0 Å². The monoisotopic (exact) mass is 404 g/mol. The molecule has 3 aromatic rings. The number of carbonyl (C=O) groups is 1. The highest BCUT2D eigenvalue weighted by molar-refractivity contribution is 6.31. The Hall–Kier alpha value is -3.00. The summed E-state index contributed by atoms with van der Waals surface area (Å²) in [4.78, 5) is 18.6. The lowest BCUT2D eigenvalue weighted by atomic mass is 10.2. The van der Waals surface area contributed by atoms with Gasteiger partial charge in [-0.2, -0.15) is 4.98 Å². The molecule has 0 spiro atoms. The fourth-order valence-corrected chi connectivity index (χ4v) is 3.30. The van der Waals surface area contributed by atoms with E-state index in [0.29, 0.717) is 35.9 Å². The van der Waals surface area contributed by atoms with Crippen molar-refractivity contribution in [2.24, 2.45) is 0 Å². The van der Waals surface area contributed by atoms with Crippen molar-refractivity contribution in [1.29, 1.82) is 0 Å². The van der Waals surface area contributed by atoms with Gasteiger partial charge in [0.1, 0.15) is 17.7 Å². The highest BCUT2D eigenvalue weighted by Gasteiger charge is 2.34. The molecule has 0 radical (unpaired) electrons. The lowest BCUT2D eigenvalue weighted by Gasteiger charge is -2.22. The smallest absolute Gasteiger partial charge is 0.322 e. The summed E-state index contributed by atoms with van der Waals surface area (Å²) in [5, 5.41) is 6.56. The molecule has 2 aromatic carbocycles. The first-order valence-electron chi connectivity index (χ1n) is 8.63. The lowest BCUT2D eigenvalue weighted by molar-refractivity contribution is 0.193. The predicted octanol–water partition coefficient (Wildman–Crippen LogP) is 5.04. The molecule has 28 heavy (non-hydrogen) atoms. The molecule has 1 aliphatic rings. The van der Waals surface area contributed by atoms with E-state index in [0.717, 1.165) is 6.42 Å². The molecule has 9 heteroatoms. The van der Waals surface area contributed by atoms with Gasteiger partial charge in [-0.25, -0.2) is 13.6 Å². The Kier molecular flexibility index (Phi) is 4.95. The molecule has 1 atom stereocenters. The summed E-state index contributed by atoms with van der Waals surface area (Å²) in [6.07, 6.45) is 1.44. The van der Waals surface area contributed by atoms with E-state index in [1.165, 1.54) is 30.3 Å². The Balaban J connectivity index is 1.51. The third-order valence-electron chi connectivity index (χ3n) is 4.51. The second-order valence-electron chi connectivity index (χ2n) is 6.37. The number of benzene rings is 2. The molecule has 1 saturated heterocycles. The summed E-state index contributed by atoms with van der Waals surface area (Å²) < 4.78 is 31.7. The lowest BCUT2D eigenvalue weighted by Crippen LogP contribution is -2.34. The van der Waals surface area contributed by atoms with Crippen LogP contribution in [0.2, 0.25) is 5.02 Å². The molecule has 0 saturated carbocycles. The normalized spacial score (nSPS) is 16.4. The number of hydrogen-bond donors (Lipinski definition) is 1. The molecule has 1 fully saturated rings. The number of halogens is 3. The highest BCUT2D eigenvalue weighted by Crippen LogP contribution is 2.32. The summed E-state index contributed by atoms with van der Waals surface area (Å²) in [7, 11) is 0. The molecule has 2 amide bonds. The number of urea groups is 1. The van der Waals surface area contributed by atoms with Crippen LogP contribution >= 0.6 is 11.6 Å². The summed E-state index contributed by atoms with van der Waals surface area (Å²) >= 11 is 5.76. The molecule has 4 rings (SSSR count). The molecule has 6 nitrogen and oxygen atoms in total. The number of carbonyl (C=O) groups excluding carboxylic acids is 1. The maximum absolute atomic E-state index is 13.3. The summed E-state index contributed by atoms with van der Waals surface area (Å²) in [5.41, 5.74) is 1.01. The molecule has 1 aromatic heterocycles. The topological polar surface area (TPSA) is 71.3 Å². The molecule has 144 valence electrons. The van der Waals surface area contributed by atoms with Gasteiger partial charge in [-0.15, -0.1) is 0 Å². The van der Waals surface area contributed by atoms with Gasteiger partial charge in [0.2, 0.25) is 11.7 Å². The Morgan fingerprint density at radius 2 is 2.00 bits per heavy atom. The van der Waals surface area contributed by atoms with Crippen molar-refractivity contribution >= 4 is 23.3 Å². The molecule has 1 N–H and O–H groups in total. The second kappa shape index (κ2) is 7.55. The standard InChI is InChI=1S/C19H15ClF2N4O2/c20-14-10-13(7-8-15(14)22)23-19(27)26-9-1-2-16(26)18-24-17(25-28-18)11-3-5-12(21)6-4-11/h3-8,10,16H,1-2,9H2,(H,23,27)/t16-/m0/s1. The Morgan fingerprint density at radius 3 is 2.75 bits per heavy atom. The first-order valence-corrected chi connectivity index (χ1v) is 9.01. The van der Waals surface area contributed by atoms with Gasteiger partial charge in [-0.3, -0.25) is 0 Å². The van der Waals surface area contributed by atoms with Crippen molar-refractivity contribution in [3.63, 3.8) is 0 Å². The van der Waals surface area contributed by atoms with Crippen LogP contribution in [-0.4, -0.2) is 27.6 Å². The fourth-order valence-electron chi connectivity index (χ4n) is 3.12. The number of amides is 2. The van der Waals surface area contributed by atoms with Crippen LogP contribution in [0.25, 0.3) is 11.4 Å². The number of rotatable bonds is 3. The molecular weight excluding hydrogens is 390 g/mol. The number of aromatic nitrogens is 2. The van der Waals surface area contributed by atoms with Crippen LogP contribution in [0, 0.1) is 11.6 Å². The van der Waals surface area contributed by atoms with Gasteiger partial charge in [0.05, 0.1) is 5.02 Å². The van der Waals surface area contributed by atoms with Gasteiger partial charge in [0.15, 0.2) is 0 Å². The van der Waals surface area contributed by atoms with Crippen LogP contribution in [0.4, 0.5) is 19.3 Å². The second-order valence-corrected chi connectivity index (χ2v) is 6.78. The molecule has 0 unspecified atom stereocenters. The van der Waals surface area contributed by atoms with Crippen molar-refractivity contribution < 1.29 is 18.1 Å². The van der Waals surface area contributed by atoms with Crippen molar-refractivity contribution in [3.05, 3.63) is 65.0 Å². The number of nitrogens with one attached hydrogen (secondary N) is 1. The summed E-state index contributed by atoms with van der Waals surface area (Å²) in [5.74, 6) is -0.276. The zero-order chi connectivity index (χ0) is 19.7. The highest BCUT2D eigenvalue weighted by atomic mass is 35.5. The summed E-state index contributed by atoms with van der Waals surface area (Å²) in [6.45, 7) is 0.514. The van der Waals surface area contributed by atoms with Gasteiger partial charge < -0.3 is 14.7 Å². The Labute approximate surface area is 164 Å². The van der Waals surface area contributed by atoms with Gasteiger partial charge in [0.25, 0.3) is 0 Å². The minimum absolute atomic E-state index is 0.0726. The molecule has 2 heterocycles. The van der Waals surface area contributed by atoms with Crippen molar-refractivity contribution in [1.82, 2.24) is 15.0 Å². The molecular formula is C19H15ClF2N4O2. The summed E-state index contributed by atoms with van der Waals surface area (Å²) in [6, 6.07) is 8.96. The van der Waals surface area contributed by atoms with Crippen molar-refractivity contribution in [2.45, 2.75) is 18.9 Å². The zero-order valence-electron chi connectivity index (χ0n) is 14.5. The third-order valence-corrected chi connectivity index (χ3v) is 4.80. The molecule has 0 bridgehead atoms. The van der Waals surface area contributed by atoms with E-state index in [2.05, 4.69) is 15.5 Å². The Morgan fingerprint density at radius 1 is 1.21 bits per heavy atom. The third kappa shape index (κ3) is 3.68. The van der Waals surface area contributed by atoms with Gasteiger partial charge >= 0.3 is 6.03 Å². The van der Waals surface area contributed by atoms with Crippen LogP contribution in [0.15, 0.2) is 47.0 Å². The maximum atomic E-state index is 13.3. The number of nitrogens with zero attached hydrogens (tertiary/aromatic N) is 3. The fraction of sp³-hybridized carbons (Fsp3) is 0.211. The van der Waals surface area contributed by atoms with Crippen molar-refractivity contribution in [3.8, 4) is 11.4 Å². The molecule has 0 aliphatic carbocycles. The SMILES string of the molecule is O=C(Nc1ccc(F)c(Cl)c1)N1CCC[C@H]1c1nc(-c2ccc(F)cc2)no1.